The molecule has 0 aliphatic heterocycles. The third kappa shape index (κ3) is 6.96. The number of nitrogens with zero attached hydrogens (tertiary/aromatic N) is 1. The average Bonchev–Trinajstić information content (AvgIpc) is 2.34. The number of rotatable bonds is 6. The molecule has 1 amide bonds. The second-order valence-electron chi connectivity index (χ2n) is 6.92. The fraction of sp³-hybridized carbons (Fsp3) is 0.625. The topological polar surface area (TPSA) is 62.2 Å². The monoisotopic (exact) mass is 310 g/mol. The molecule has 118 valence electrons. The summed E-state index contributed by atoms with van der Waals surface area (Å²) in [4.78, 5) is 16.5. The molecule has 0 saturated heterocycles. The van der Waals surface area contributed by atoms with E-state index < -0.39 is 0 Å². The van der Waals surface area contributed by atoms with E-state index in [0.29, 0.717) is 18.5 Å². The van der Waals surface area contributed by atoms with Gasteiger partial charge in [0.25, 0.3) is 5.91 Å². The maximum absolute atomic E-state index is 12.2. The quantitative estimate of drug-likeness (QED) is 0.793. The Morgan fingerprint density at radius 3 is 2.57 bits per heavy atom. The summed E-state index contributed by atoms with van der Waals surface area (Å²) < 4.78 is 0.0607. The minimum atomic E-state index is -0.111. The second kappa shape index (κ2) is 7.27. The van der Waals surface area contributed by atoms with E-state index in [-0.39, 0.29) is 22.7 Å². The van der Waals surface area contributed by atoms with Crippen molar-refractivity contribution in [3.63, 3.8) is 0 Å². The van der Waals surface area contributed by atoms with E-state index in [2.05, 4.69) is 31.1 Å². The van der Waals surface area contributed by atoms with Crippen LogP contribution in [-0.2, 0) is 0 Å². The molecule has 0 aromatic carbocycles. The molecule has 1 aromatic heterocycles. The maximum Gasteiger partial charge on any atom is 0.251 e. The second-order valence-corrected chi connectivity index (χ2v) is 8.76. The van der Waals surface area contributed by atoms with Gasteiger partial charge >= 0.3 is 0 Å². The number of pyridine rings is 1. The first kappa shape index (κ1) is 18.0. The van der Waals surface area contributed by atoms with E-state index in [1.54, 1.807) is 24.0 Å². The van der Waals surface area contributed by atoms with Crippen molar-refractivity contribution in [1.82, 2.24) is 10.3 Å². The van der Waals surface area contributed by atoms with Crippen LogP contribution in [0, 0.1) is 5.41 Å². The first-order valence-electron chi connectivity index (χ1n) is 7.17. The van der Waals surface area contributed by atoms with Crippen LogP contribution in [0.15, 0.2) is 23.4 Å². The highest BCUT2D eigenvalue weighted by molar-refractivity contribution is 8.00. The number of aliphatic hydroxyl groups excluding tert-OH is 1. The number of carbonyl (C=O) groups is 1. The molecule has 1 heterocycles. The summed E-state index contributed by atoms with van der Waals surface area (Å²) in [6.45, 7) is 11.1. The Morgan fingerprint density at radius 1 is 1.33 bits per heavy atom. The summed E-state index contributed by atoms with van der Waals surface area (Å²) in [7, 11) is 0. The number of carbonyl (C=O) groups excluding carboxylic acids is 1. The van der Waals surface area contributed by atoms with E-state index in [0.717, 1.165) is 5.03 Å². The molecule has 0 bridgehead atoms. The van der Waals surface area contributed by atoms with Gasteiger partial charge in [-0.1, -0.05) is 34.6 Å². The fourth-order valence-electron chi connectivity index (χ4n) is 1.73. The van der Waals surface area contributed by atoms with Gasteiger partial charge in [0, 0.05) is 29.7 Å². The molecule has 0 spiro atoms. The minimum Gasteiger partial charge on any atom is -0.396 e. The Bertz CT molecular complexity index is 481. The van der Waals surface area contributed by atoms with Crippen molar-refractivity contribution in [3.05, 3.63) is 23.9 Å². The molecule has 0 aliphatic carbocycles. The largest absolute Gasteiger partial charge is 0.396 e. The Labute approximate surface area is 131 Å². The summed E-state index contributed by atoms with van der Waals surface area (Å²) in [6.07, 6.45) is 2.33. The van der Waals surface area contributed by atoms with Gasteiger partial charge in [-0.05, 0) is 24.0 Å². The summed E-state index contributed by atoms with van der Waals surface area (Å²) in [5.41, 5.74) is 0.511. The lowest BCUT2D eigenvalue weighted by Gasteiger charge is -2.23. The smallest absolute Gasteiger partial charge is 0.251 e. The summed E-state index contributed by atoms with van der Waals surface area (Å²) in [6, 6.07) is 3.55. The zero-order valence-electron chi connectivity index (χ0n) is 13.6. The number of amides is 1. The first-order valence-corrected chi connectivity index (χ1v) is 7.99. The molecular formula is C16H26N2O2S. The van der Waals surface area contributed by atoms with E-state index in [4.69, 9.17) is 5.11 Å². The van der Waals surface area contributed by atoms with Crippen molar-refractivity contribution in [3.8, 4) is 0 Å². The predicted molar refractivity (Wildman–Crippen MR) is 87.7 cm³/mol. The molecular weight excluding hydrogens is 284 g/mol. The van der Waals surface area contributed by atoms with Crippen molar-refractivity contribution >= 4 is 17.7 Å². The number of thioether (sulfide) groups is 1. The van der Waals surface area contributed by atoms with Gasteiger partial charge in [-0.2, -0.15) is 0 Å². The highest BCUT2D eigenvalue weighted by Crippen LogP contribution is 2.30. The molecule has 0 radical (unpaired) electrons. The number of hydrogen-bond acceptors (Lipinski definition) is 4. The van der Waals surface area contributed by atoms with Crippen LogP contribution in [0.5, 0.6) is 0 Å². The molecule has 0 saturated carbocycles. The Morgan fingerprint density at radius 2 is 2.00 bits per heavy atom. The molecule has 4 nitrogen and oxygen atoms in total. The van der Waals surface area contributed by atoms with Gasteiger partial charge in [-0.25, -0.2) is 4.98 Å². The summed E-state index contributed by atoms with van der Waals surface area (Å²) in [5, 5.41) is 12.8. The van der Waals surface area contributed by atoms with Crippen LogP contribution in [0.25, 0.3) is 0 Å². The highest BCUT2D eigenvalue weighted by atomic mass is 32.2. The standard InChI is InChI=1S/C16H26N2O2S/c1-15(2,3)21-13-10-12(6-8-17-13)14(20)18-11-16(4,5)7-9-19/h6,8,10,19H,7,9,11H2,1-5H3,(H,18,20). The van der Waals surface area contributed by atoms with Gasteiger partial charge in [0.2, 0.25) is 0 Å². The van der Waals surface area contributed by atoms with Crippen molar-refractivity contribution in [1.29, 1.82) is 0 Å². The van der Waals surface area contributed by atoms with Crippen molar-refractivity contribution < 1.29 is 9.90 Å². The molecule has 1 rings (SSSR count). The zero-order valence-corrected chi connectivity index (χ0v) is 14.4. The molecule has 0 aliphatic rings. The van der Waals surface area contributed by atoms with Crippen LogP contribution >= 0.6 is 11.8 Å². The number of nitrogens with one attached hydrogen (secondary N) is 1. The van der Waals surface area contributed by atoms with Crippen LogP contribution in [0.2, 0.25) is 0 Å². The van der Waals surface area contributed by atoms with Gasteiger partial charge in [-0.3, -0.25) is 4.79 Å². The number of aromatic nitrogens is 1. The van der Waals surface area contributed by atoms with Crippen LogP contribution in [0.4, 0.5) is 0 Å². The third-order valence-corrected chi connectivity index (χ3v) is 3.97. The van der Waals surface area contributed by atoms with E-state index in [1.165, 1.54) is 0 Å². The van der Waals surface area contributed by atoms with Crippen LogP contribution in [0.3, 0.4) is 0 Å². The average molecular weight is 310 g/mol. The van der Waals surface area contributed by atoms with E-state index in [1.807, 2.05) is 19.9 Å². The van der Waals surface area contributed by atoms with Gasteiger partial charge in [-0.15, -0.1) is 11.8 Å². The predicted octanol–water partition coefficient (Wildman–Crippen LogP) is 3.11. The van der Waals surface area contributed by atoms with Crippen LogP contribution in [0.1, 0.15) is 51.4 Å². The maximum atomic E-state index is 12.2. The molecule has 0 atom stereocenters. The van der Waals surface area contributed by atoms with Crippen molar-refractivity contribution in [2.45, 2.75) is 50.8 Å². The molecule has 2 N–H and O–H groups in total. The van der Waals surface area contributed by atoms with E-state index >= 15 is 0 Å². The van der Waals surface area contributed by atoms with Gasteiger partial charge in [0.05, 0.1) is 5.03 Å². The number of hydrogen-bond donors (Lipinski definition) is 2. The molecule has 0 fully saturated rings. The highest BCUT2D eigenvalue weighted by Gasteiger charge is 2.19. The summed E-state index contributed by atoms with van der Waals surface area (Å²) >= 11 is 1.64. The SMILES string of the molecule is CC(C)(CCO)CNC(=O)c1ccnc(SC(C)(C)C)c1. The molecule has 0 unspecified atom stereocenters. The van der Waals surface area contributed by atoms with E-state index in [9.17, 15) is 4.79 Å². The third-order valence-electron chi connectivity index (χ3n) is 2.92. The lowest BCUT2D eigenvalue weighted by atomic mass is 9.89. The Kier molecular flexibility index (Phi) is 6.23. The van der Waals surface area contributed by atoms with Crippen molar-refractivity contribution in [2.24, 2.45) is 5.41 Å². The van der Waals surface area contributed by atoms with Crippen LogP contribution in [-0.4, -0.2) is 33.9 Å². The molecule has 1 aromatic rings. The van der Waals surface area contributed by atoms with Crippen molar-refractivity contribution in [2.75, 3.05) is 13.2 Å². The first-order chi connectivity index (χ1) is 9.63. The number of aliphatic hydroxyl groups is 1. The normalized spacial score (nSPS) is 12.3. The molecule has 5 heteroatoms. The van der Waals surface area contributed by atoms with Crippen LogP contribution < -0.4 is 5.32 Å². The van der Waals surface area contributed by atoms with Gasteiger partial charge in [0.1, 0.15) is 0 Å². The lowest BCUT2D eigenvalue weighted by Crippen LogP contribution is -2.34. The fourth-order valence-corrected chi connectivity index (χ4v) is 2.66. The Balaban J connectivity index is 2.69. The lowest BCUT2D eigenvalue weighted by molar-refractivity contribution is 0.0928. The zero-order chi connectivity index (χ0) is 16.1. The summed E-state index contributed by atoms with van der Waals surface area (Å²) in [5.74, 6) is -0.0980. The molecule has 21 heavy (non-hydrogen) atoms. The van der Waals surface area contributed by atoms with Gasteiger partial charge in [0.15, 0.2) is 0 Å². The Hall–Kier alpha value is -1.07. The van der Waals surface area contributed by atoms with Gasteiger partial charge < -0.3 is 10.4 Å². The minimum absolute atomic E-state index is 0.0607.